The highest BCUT2D eigenvalue weighted by molar-refractivity contribution is 6.19. The number of benzene rings is 10. The van der Waals surface area contributed by atoms with Gasteiger partial charge in [-0.05, 0) is 109 Å². The molecule has 0 saturated heterocycles. The average Bonchev–Trinajstić information content (AvgIpc) is 3.22. The van der Waals surface area contributed by atoms with Gasteiger partial charge in [-0.15, -0.1) is 0 Å². The van der Waals surface area contributed by atoms with Crippen molar-refractivity contribution in [2.45, 2.75) is 0 Å². The molecule has 2 heteroatoms. The maximum absolute atomic E-state index is 2.40. The molecule has 10 aromatic rings. The monoisotopic (exact) mass is 662 g/mol. The fraction of sp³-hybridized carbons (Fsp3) is 0. The van der Waals surface area contributed by atoms with Gasteiger partial charge in [0, 0.05) is 33.8 Å². The van der Waals surface area contributed by atoms with Crippen molar-refractivity contribution in [3.8, 4) is 0 Å². The molecule has 0 aliphatic heterocycles. The topological polar surface area (TPSA) is 6.48 Å². The zero-order valence-electron chi connectivity index (χ0n) is 28.5. The Morgan fingerprint density at radius 2 is 0.635 bits per heavy atom. The van der Waals surface area contributed by atoms with Crippen molar-refractivity contribution in [1.29, 1.82) is 0 Å². The lowest BCUT2D eigenvalue weighted by atomic mass is 9.96. The van der Waals surface area contributed by atoms with Crippen LogP contribution in [0.5, 0.6) is 0 Å². The summed E-state index contributed by atoms with van der Waals surface area (Å²) >= 11 is 0. The summed E-state index contributed by atoms with van der Waals surface area (Å²) in [6, 6.07) is 74.7. The molecule has 0 aliphatic rings. The van der Waals surface area contributed by atoms with Crippen LogP contribution in [-0.4, -0.2) is 0 Å². The van der Waals surface area contributed by atoms with Gasteiger partial charge in [0.15, 0.2) is 0 Å². The molecule has 0 aliphatic carbocycles. The van der Waals surface area contributed by atoms with Crippen LogP contribution in [0.15, 0.2) is 206 Å². The third kappa shape index (κ3) is 5.04. The van der Waals surface area contributed by atoms with Gasteiger partial charge in [0.25, 0.3) is 0 Å². The molecule has 0 heterocycles. The molecule has 0 aromatic heterocycles. The maximum Gasteiger partial charge on any atom is 0.0540 e. The second-order valence-corrected chi connectivity index (χ2v) is 13.4. The van der Waals surface area contributed by atoms with Crippen LogP contribution in [0.3, 0.4) is 0 Å². The number of rotatable bonds is 6. The summed E-state index contributed by atoms with van der Waals surface area (Å²) < 4.78 is 0. The standard InChI is InChI=1S/C50H34N2/c1-3-15-38(16-4-1)51(42-28-30-45-37(33-42)26-25-35-13-7-9-21-43(35)45)40-19-11-20-41(34-40)52(39-17-5-2-6-18-39)50-24-12-23-46-48-29-27-36-14-8-10-22-44(36)47(48)31-32-49(46)50/h1-34H. The molecule has 0 spiro atoms. The van der Waals surface area contributed by atoms with Gasteiger partial charge >= 0.3 is 0 Å². The van der Waals surface area contributed by atoms with E-state index in [9.17, 15) is 0 Å². The predicted octanol–water partition coefficient (Wildman–Crippen LogP) is 14.4. The molecule has 0 atom stereocenters. The first-order valence-electron chi connectivity index (χ1n) is 17.9. The molecule has 244 valence electrons. The second-order valence-electron chi connectivity index (χ2n) is 13.4. The van der Waals surface area contributed by atoms with Crippen LogP contribution in [0.1, 0.15) is 0 Å². The molecule has 10 rings (SSSR count). The normalized spacial score (nSPS) is 11.5. The second kappa shape index (κ2) is 12.5. The van der Waals surface area contributed by atoms with E-state index in [4.69, 9.17) is 0 Å². The Kier molecular flexibility index (Phi) is 7.18. The van der Waals surface area contributed by atoms with Crippen LogP contribution in [0.2, 0.25) is 0 Å². The van der Waals surface area contributed by atoms with Crippen LogP contribution in [0.4, 0.5) is 34.1 Å². The van der Waals surface area contributed by atoms with Crippen molar-refractivity contribution in [1.82, 2.24) is 0 Å². The van der Waals surface area contributed by atoms with Crippen LogP contribution in [0.25, 0.3) is 53.9 Å². The van der Waals surface area contributed by atoms with Gasteiger partial charge in [-0.1, -0.05) is 146 Å². The fourth-order valence-corrected chi connectivity index (χ4v) is 7.97. The van der Waals surface area contributed by atoms with E-state index in [2.05, 4.69) is 216 Å². The molecule has 2 nitrogen and oxygen atoms in total. The first-order valence-corrected chi connectivity index (χ1v) is 17.9. The summed E-state index contributed by atoms with van der Waals surface area (Å²) in [5, 5.41) is 12.5. The molecular weight excluding hydrogens is 629 g/mol. The van der Waals surface area contributed by atoms with E-state index in [-0.39, 0.29) is 0 Å². The minimum Gasteiger partial charge on any atom is -0.310 e. The van der Waals surface area contributed by atoms with Crippen molar-refractivity contribution in [3.05, 3.63) is 206 Å². The summed E-state index contributed by atoms with van der Waals surface area (Å²) in [6.45, 7) is 0. The van der Waals surface area contributed by atoms with Gasteiger partial charge in [0.05, 0.1) is 5.69 Å². The lowest BCUT2D eigenvalue weighted by molar-refractivity contribution is 1.26. The highest BCUT2D eigenvalue weighted by atomic mass is 15.2. The summed E-state index contributed by atoms with van der Waals surface area (Å²) in [5.74, 6) is 0. The SMILES string of the molecule is c1ccc(N(c2cccc(N(c3ccccc3)c3cccc4c3ccc3c5ccccc5ccc43)c2)c2ccc3c(ccc4ccccc43)c2)cc1. The Morgan fingerprint density at radius 3 is 1.38 bits per heavy atom. The van der Waals surface area contributed by atoms with Crippen molar-refractivity contribution < 1.29 is 0 Å². The quantitative estimate of drug-likeness (QED) is 0.164. The van der Waals surface area contributed by atoms with Crippen molar-refractivity contribution in [2.24, 2.45) is 0 Å². The van der Waals surface area contributed by atoms with Crippen LogP contribution < -0.4 is 9.80 Å². The van der Waals surface area contributed by atoms with Crippen LogP contribution in [-0.2, 0) is 0 Å². The summed E-state index contributed by atoms with van der Waals surface area (Å²) in [5.41, 5.74) is 6.63. The predicted molar refractivity (Wildman–Crippen MR) is 223 cm³/mol. The van der Waals surface area contributed by atoms with Crippen molar-refractivity contribution in [2.75, 3.05) is 9.80 Å². The van der Waals surface area contributed by atoms with Crippen LogP contribution in [0, 0.1) is 0 Å². The minimum absolute atomic E-state index is 1.09. The molecule has 0 amide bonds. The lowest BCUT2D eigenvalue weighted by Gasteiger charge is -2.30. The maximum atomic E-state index is 2.40. The van der Waals surface area contributed by atoms with E-state index >= 15 is 0 Å². The largest absolute Gasteiger partial charge is 0.310 e. The number of hydrogen-bond donors (Lipinski definition) is 0. The third-order valence-corrected chi connectivity index (χ3v) is 10.4. The first kappa shape index (κ1) is 30.0. The fourth-order valence-electron chi connectivity index (χ4n) is 7.97. The molecule has 0 fully saturated rings. The van der Waals surface area contributed by atoms with Gasteiger partial charge in [0.1, 0.15) is 0 Å². The van der Waals surface area contributed by atoms with E-state index in [1.165, 1.54) is 53.9 Å². The Morgan fingerprint density at radius 1 is 0.212 bits per heavy atom. The number of fused-ring (bicyclic) bond motifs is 8. The van der Waals surface area contributed by atoms with E-state index in [0.717, 1.165) is 34.1 Å². The summed E-state index contributed by atoms with van der Waals surface area (Å²) in [7, 11) is 0. The highest BCUT2D eigenvalue weighted by Crippen LogP contribution is 2.44. The Balaban J connectivity index is 1.16. The number of hydrogen-bond acceptors (Lipinski definition) is 2. The van der Waals surface area contributed by atoms with Gasteiger partial charge in [-0.25, -0.2) is 0 Å². The number of para-hydroxylation sites is 2. The lowest BCUT2D eigenvalue weighted by Crippen LogP contribution is -2.13. The summed E-state index contributed by atoms with van der Waals surface area (Å²) in [6.07, 6.45) is 0. The van der Waals surface area contributed by atoms with Crippen molar-refractivity contribution in [3.63, 3.8) is 0 Å². The van der Waals surface area contributed by atoms with Gasteiger partial charge in [-0.2, -0.15) is 0 Å². The highest BCUT2D eigenvalue weighted by Gasteiger charge is 2.19. The molecule has 0 bridgehead atoms. The van der Waals surface area contributed by atoms with E-state index in [0.29, 0.717) is 0 Å². The van der Waals surface area contributed by atoms with Gasteiger partial charge in [0.2, 0.25) is 0 Å². The Hall–Kier alpha value is -6.90. The molecule has 0 unspecified atom stereocenters. The zero-order valence-corrected chi connectivity index (χ0v) is 28.5. The van der Waals surface area contributed by atoms with Gasteiger partial charge in [-0.3, -0.25) is 0 Å². The van der Waals surface area contributed by atoms with Crippen molar-refractivity contribution >= 4 is 88.0 Å². The minimum atomic E-state index is 1.09. The first-order chi connectivity index (χ1) is 25.8. The molecule has 52 heavy (non-hydrogen) atoms. The van der Waals surface area contributed by atoms with E-state index in [1.807, 2.05) is 0 Å². The van der Waals surface area contributed by atoms with E-state index in [1.54, 1.807) is 0 Å². The van der Waals surface area contributed by atoms with E-state index < -0.39 is 0 Å². The molecule has 0 N–H and O–H groups in total. The average molecular weight is 663 g/mol. The molecular formula is C50H34N2. The molecule has 0 saturated carbocycles. The third-order valence-electron chi connectivity index (χ3n) is 10.4. The Bertz CT molecular complexity index is 2910. The number of nitrogens with zero attached hydrogens (tertiary/aromatic N) is 2. The number of anilines is 6. The molecule has 10 aromatic carbocycles. The summed E-state index contributed by atoms with van der Waals surface area (Å²) in [4.78, 5) is 4.76. The zero-order chi connectivity index (χ0) is 34.4. The van der Waals surface area contributed by atoms with Crippen LogP contribution >= 0.6 is 0 Å². The Labute approximate surface area is 303 Å². The smallest absolute Gasteiger partial charge is 0.0540 e. The molecule has 0 radical (unpaired) electrons. The van der Waals surface area contributed by atoms with Gasteiger partial charge < -0.3 is 9.80 Å².